The number of halogens is 2. The summed E-state index contributed by atoms with van der Waals surface area (Å²) in [5.74, 6) is 0.624. The summed E-state index contributed by atoms with van der Waals surface area (Å²) in [4.78, 5) is 11.6. The van der Waals surface area contributed by atoms with Crippen molar-refractivity contribution in [1.82, 2.24) is 10.6 Å². The Labute approximate surface area is 102 Å². The Balaban J connectivity index is 0.00000128. The molecule has 16 heavy (non-hydrogen) atoms. The highest BCUT2D eigenvalue weighted by Crippen LogP contribution is 2.23. The van der Waals surface area contributed by atoms with E-state index in [1.807, 2.05) is 0 Å². The number of hydrogen-bond donors (Lipinski definition) is 2. The second kappa shape index (κ2) is 6.40. The molecule has 0 spiro atoms. The molecule has 0 bridgehead atoms. The summed E-state index contributed by atoms with van der Waals surface area (Å²) in [5, 5.41) is 5.81. The molecule has 2 rings (SSSR count). The third-order valence-electron chi connectivity index (χ3n) is 3.43. The quantitative estimate of drug-likeness (QED) is 0.795. The van der Waals surface area contributed by atoms with Crippen LogP contribution >= 0.6 is 12.4 Å². The molecule has 1 aliphatic carbocycles. The molecule has 1 saturated carbocycles. The molecule has 94 valence electrons. The molecular formula is C11H20ClFN2O. The molecule has 2 fully saturated rings. The summed E-state index contributed by atoms with van der Waals surface area (Å²) in [6.45, 7) is 1.09. The van der Waals surface area contributed by atoms with Crippen LogP contribution in [0.3, 0.4) is 0 Å². The van der Waals surface area contributed by atoms with Crippen LogP contribution in [0.2, 0.25) is 0 Å². The summed E-state index contributed by atoms with van der Waals surface area (Å²) >= 11 is 0. The third-order valence-corrected chi connectivity index (χ3v) is 3.43. The first-order valence-corrected chi connectivity index (χ1v) is 5.91. The van der Waals surface area contributed by atoms with Crippen molar-refractivity contribution in [2.45, 2.75) is 44.3 Å². The summed E-state index contributed by atoms with van der Waals surface area (Å²) in [7, 11) is 0. The number of hydrogen-bond acceptors (Lipinski definition) is 2. The van der Waals surface area contributed by atoms with Gasteiger partial charge in [0.1, 0.15) is 6.17 Å². The molecule has 3 nitrogen and oxygen atoms in total. The van der Waals surface area contributed by atoms with Crippen LogP contribution in [-0.2, 0) is 4.79 Å². The maximum absolute atomic E-state index is 12.8. The van der Waals surface area contributed by atoms with Gasteiger partial charge in [0, 0.05) is 19.5 Å². The Kier molecular flexibility index (Phi) is 5.49. The molecule has 2 N–H and O–H groups in total. The molecule has 0 radical (unpaired) electrons. The van der Waals surface area contributed by atoms with Crippen LogP contribution in [0.25, 0.3) is 0 Å². The lowest BCUT2D eigenvalue weighted by Gasteiger charge is -2.14. The first-order valence-electron chi connectivity index (χ1n) is 5.91. The number of amides is 1. The van der Waals surface area contributed by atoms with Gasteiger partial charge in [0.05, 0.1) is 6.04 Å². The Morgan fingerprint density at radius 3 is 2.62 bits per heavy atom. The van der Waals surface area contributed by atoms with Gasteiger partial charge in [0.15, 0.2) is 0 Å². The maximum atomic E-state index is 12.8. The topological polar surface area (TPSA) is 41.1 Å². The Hall–Kier alpha value is -0.350. The van der Waals surface area contributed by atoms with E-state index in [-0.39, 0.29) is 24.4 Å². The maximum Gasteiger partial charge on any atom is 0.237 e. The Bertz CT molecular complexity index is 234. The van der Waals surface area contributed by atoms with Gasteiger partial charge in [-0.05, 0) is 18.8 Å². The molecule has 0 unspecified atom stereocenters. The van der Waals surface area contributed by atoms with Crippen molar-refractivity contribution in [3.8, 4) is 0 Å². The minimum atomic E-state index is -0.854. The van der Waals surface area contributed by atoms with Crippen LogP contribution in [0.1, 0.15) is 32.1 Å². The standard InChI is InChI=1S/C11H19FN2O.ClH/c12-9-5-10(13-7-9)11(15)14-6-8-3-1-2-4-8;/h8-10,13H,1-7H2,(H,14,15);1H/t9-,10+;/m0./s1. The lowest BCUT2D eigenvalue weighted by molar-refractivity contribution is -0.123. The van der Waals surface area contributed by atoms with Crippen LogP contribution in [-0.4, -0.2) is 31.2 Å². The molecule has 1 heterocycles. The van der Waals surface area contributed by atoms with Crippen LogP contribution in [0.5, 0.6) is 0 Å². The van der Waals surface area contributed by atoms with Gasteiger partial charge in [0.2, 0.25) is 5.91 Å². The predicted molar refractivity (Wildman–Crippen MR) is 63.5 cm³/mol. The van der Waals surface area contributed by atoms with E-state index in [4.69, 9.17) is 0 Å². The minimum Gasteiger partial charge on any atom is -0.354 e. The van der Waals surface area contributed by atoms with Gasteiger partial charge in [-0.2, -0.15) is 0 Å². The van der Waals surface area contributed by atoms with Gasteiger partial charge < -0.3 is 10.6 Å². The zero-order valence-corrected chi connectivity index (χ0v) is 10.2. The number of rotatable bonds is 3. The summed E-state index contributed by atoms with van der Waals surface area (Å²) in [6.07, 6.45) is 4.50. The van der Waals surface area contributed by atoms with Gasteiger partial charge in [0.25, 0.3) is 0 Å². The van der Waals surface area contributed by atoms with Gasteiger partial charge >= 0.3 is 0 Å². The fourth-order valence-electron chi connectivity index (χ4n) is 2.47. The zero-order valence-electron chi connectivity index (χ0n) is 9.38. The van der Waals surface area contributed by atoms with Crippen LogP contribution in [0.4, 0.5) is 4.39 Å². The van der Waals surface area contributed by atoms with Crippen LogP contribution in [0, 0.1) is 5.92 Å². The van der Waals surface area contributed by atoms with Gasteiger partial charge in [-0.15, -0.1) is 12.4 Å². The van der Waals surface area contributed by atoms with Crippen molar-refractivity contribution in [2.75, 3.05) is 13.1 Å². The Morgan fingerprint density at radius 1 is 1.38 bits per heavy atom. The van der Waals surface area contributed by atoms with E-state index in [0.717, 1.165) is 6.54 Å². The largest absolute Gasteiger partial charge is 0.354 e. The summed E-state index contributed by atoms with van der Waals surface area (Å²) in [6, 6.07) is -0.304. The second-order valence-electron chi connectivity index (χ2n) is 4.69. The first kappa shape index (κ1) is 13.7. The van der Waals surface area contributed by atoms with Crippen LogP contribution < -0.4 is 10.6 Å². The average Bonchev–Trinajstić information content (AvgIpc) is 2.84. The number of carbonyl (C=O) groups is 1. The molecule has 1 saturated heterocycles. The smallest absolute Gasteiger partial charge is 0.237 e. The number of carbonyl (C=O) groups excluding carboxylic acids is 1. The van der Waals surface area contributed by atoms with Crippen molar-refractivity contribution in [3.63, 3.8) is 0 Å². The lowest BCUT2D eigenvalue weighted by Crippen LogP contribution is -2.41. The van der Waals surface area contributed by atoms with Crippen molar-refractivity contribution in [1.29, 1.82) is 0 Å². The highest BCUT2D eigenvalue weighted by Gasteiger charge is 2.29. The second-order valence-corrected chi connectivity index (χ2v) is 4.69. The predicted octanol–water partition coefficient (Wildman–Crippen LogP) is 1.41. The van der Waals surface area contributed by atoms with Crippen molar-refractivity contribution < 1.29 is 9.18 Å². The minimum absolute atomic E-state index is 0. The SMILES string of the molecule is Cl.O=C(NCC1CCCC1)[C@H]1C[C@H](F)CN1. The van der Waals surface area contributed by atoms with Gasteiger partial charge in [-0.1, -0.05) is 12.8 Å². The molecule has 2 aliphatic rings. The van der Waals surface area contributed by atoms with E-state index in [1.54, 1.807) is 0 Å². The van der Waals surface area contributed by atoms with Crippen molar-refractivity contribution in [2.24, 2.45) is 5.92 Å². The van der Waals surface area contributed by atoms with E-state index in [1.165, 1.54) is 25.7 Å². The summed E-state index contributed by atoms with van der Waals surface area (Å²) in [5.41, 5.74) is 0. The van der Waals surface area contributed by atoms with Gasteiger partial charge in [-0.25, -0.2) is 4.39 Å². The van der Waals surface area contributed by atoms with E-state index < -0.39 is 6.17 Å². The van der Waals surface area contributed by atoms with E-state index in [9.17, 15) is 9.18 Å². The molecule has 0 aromatic carbocycles. The lowest BCUT2D eigenvalue weighted by atomic mass is 10.1. The summed E-state index contributed by atoms with van der Waals surface area (Å²) < 4.78 is 12.8. The van der Waals surface area contributed by atoms with Crippen molar-refractivity contribution in [3.05, 3.63) is 0 Å². The molecule has 1 aliphatic heterocycles. The highest BCUT2D eigenvalue weighted by atomic mass is 35.5. The van der Waals surface area contributed by atoms with E-state index in [0.29, 0.717) is 18.9 Å². The molecule has 5 heteroatoms. The normalized spacial score (nSPS) is 30.1. The van der Waals surface area contributed by atoms with Crippen LogP contribution in [0.15, 0.2) is 0 Å². The van der Waals surface area contributed by atoms with Gasteiger partial charge in [-0.3, -0.25) is 4.79 Å². The fraction of sp³-hybridized carbons (Fsp3) is 0.909. The van der Waals surface area contributed by atoms with E-state index in [2.05, 4.69) is 10.6 Å². The highest BCUT2D eigenvalue weighted by molar-refractivity contribution is 5.85. The average molecular weight is 251 g/mol. The molecule has 2 atom stereocenters. The molecule has 0 aromatic heterocycles. The fourth-order valence-corrected chi connectivity index (χ4v) is 2.47. The Morgan fingerprint density at radius 2 is 2.06 bits per heavy atom. The van der Waals surface area contributed by atoms with Crippen molar-refractivity contribution >= 4 is 18.3 Å². The van der Waals surface area contributed by atoms with E-state index >= 15 is 0 Å². The third kappa shape index (κ3) is 3.59. The monoisotopic (exact) mass is 250 g/mol. The molecule has 1 amide bonds. The molecular weight excluding hydrogens is 231 g/mol. The molecule has 0 aromatic rings. The number of nitrogens with one attached hydrogen (secondary N) is 2. The first-order chi connectivity index (χ1) is 7.25. The zero-order chi connectivity index (χ0) is 10.7. The number of alkyl halides is 1.